The van der Waals surface area contributed by atoms with Crippen LogP contribution in [0.25, 0.3) is 10.9 Å². The maximum Gasteiger partial charge on any atom is 0.124 e. The van der Waals surface area contributed by atoms with Crippen molar-refractivity contribution in [1.29, 1.82) is 0 Å². The van der Waals surface area contributed by atoms with E-state index in [1.54, 1.807) is 6.20 Å². The molecular weight excluding hydrogens is 179 g/mol. The first-order valence-electron chi connectivity index (χ1n) is 4.58. The third-order valence-electron chi connectivity index (χ3n) is 2.49. The Morgan fingerprint density at radius 1 is 1.43 bits per heavy atom. The molecule has 2 rings (SSSR count). The molecule has 0 radical (unpaired) electrons. The van der Waals surface area contributed by atoms with Gasteiger partial charge in [0.05, 0.1) is 11.2 Å². The summed E-state index contributed by atoms with van der Waals surface area (Å²) in [5.74, 6) is 0. The number of fused-ring (bicyclic) bond motifs is 1. The van der Waals surface area contributed by atoms with Crippen molar-refractivity contribution in [3.05, 3.63) is 30.0 Å². The van der Waals surface area contributed by atoms with Gasteiger partial charge in [-0.2, -0.15) is 0 Å². The van der Waals surface area contributed by atoms with Crippen molar-refractivity contribution in [2.75, 3.05) is 5.73 Å². The summed E-state index contributed by atoms with van der Waals surface area (Å²) in [6.07, 6.45) is 0.839. The Bertz CT molecular complexity index is 471. The van der Waals surface area contributed by atoms with E-state index in [0.29, 0.717) is 11.3 Å². The first-order chi connectivity index (χ1) is 6.61. The predicted molar refractivity (Wildman–Crippen MR) is 56.9 cm³/mol. The molecule has 1 atom stereocenters. The second-order valence-electron chi connectivity index (χ2n) is 3.55. The highest BCUT2D eigenvalue weighted by Crippen LogP contribution is 2.30. The number of nitrogens with zero attached hydrogens (tertiary/aromatic N) is 1. The zero-order chi connectivity index (χ0) is 10.3. The number of anilines is 1. The zero-order valence-corrected chi connectivity index (χ0v) is 8.29. The van der Waals surface area contributed by atoms with E-state index in [4.69, 9.17) is 5.73 Å². The number of hydrogen-bond acceptors (Lipinski definition) is 1. The smallest absolute Gasteiger partial charge is 0.124 e. The third kappa shape index (κ3) is 1.16. The van der Waals surface area contributed by atoms with Gasteiger partial charge in [-0.3, -0.25) is 0 Å². The van der Waals surface area contributed by atoms with Crippen LogP contribution >= 0.6 is 0 Å². The minimum absolute atomic E-state index is 0.692. The molecule has 2 N–H and O–H groups in total. The molecule has 14 heavy (non-hydrogen) atoms. The number of benzene rings is 1. The number of nitrogens with two attached hydrogens (primary N) is 1. The number of aryl methyl sites for hydroxylation is 1. The number of halogens is 1. The van der Waals surface area contributed by atoms with Crippen LogP contribution < -0.4 is 5.73 Å². The van der Waals surface area contributed by atoms with E-state index in [-0.39, 0.29) is 0 Å². The number of aromatic nitrogens is 1. The Morgan fingerprint density at radius 3 is 2.79 bits per heavy atom. The SMILES string of the molecule is CC(F)c1cn(C)c2c(N)cccc12. The van der Waals surface area contributed by atoms with Crippen molar-refractivity contribution < 1.29 is 4.39 Å². The minimum Gasteiger partial charge on any atom is -0.397 e. The van der Waals surface area contributed by atoms with Crippen molar-refractivity contribution >= 4 is 16.6 Å². The topological polar surface area (TPSA) is 30.9 Å². The molecule has 2 nitrogen and oxygen atoms in total. The summed E-state index contributed by atoms with van der Waals surface area (Å²) in [5, 5.41) is 0.905. The van der Waals surface area contributed by atoms with Gasteiger partial charge in [-0.25, -0.2) is 4.39 Å². The molecule has 1 unspecified atom stereocenters. The summed E-state index contributed by atoms with van der Waals surface area (Å²) < 4.78 is 15.1. The standard InChI is InChI=1S/C11H13FN2/c1-7(12)9-6-14(2)11-8(9)4-3-5-10(11)13/h3-7H,13H2,1-2H3. The summed E-state index contributed by atoms with van der Waals surface area (Å²) in [4.78, 5) is 0. The number of rotatable bonds is 1. The molecule has 1 aromatic carbocycles. The summed E-state index contributed by atoms with van der Waals surface area (Å²) in [7, 11) is 1.88. The van der Waals surface area contributed by atoms with E-state index in [2.05, 4.69) is 0 Å². The van der Waals surface area contributed by atoms with Gasteiger partial charge in [-0.1, -0.05) is 12.1 Å². The van der Waals surface area contributed by atoms with Gasteiger partial charge in [-0.05, 0) is 13.0 Å². The zero-order valence-electron chi connectivity index (χ0n) is 8.29. The molecule has 0 aliphatic rings. The van der Waals surface area contributed by atoms with Crippen LogP contribution in [0.3, 0.4) is 0 Å². The van der Waals surface area contributed by atoms with Gasteiger partial charge in [0.15, 0.2) is 0 Å². The fourth-order valence-corrected chi connectivity index (χ4v) is 1.85. The number of nitrogen functional groups attached to an aromatic ring is 1. The normalized spacial score (nSPS) is 13.4. The van der Waals surface area contributed by atoms with Crippen molar-refractivity contribution in [2.24, 2.45) is 7.05 Å². The average molecular weight is 192 g/mol. The fraction of sp³-hybridized carbons (Fsp3) is 0.273. The molecule has 0 spiro atoms. The van der Waals surface area contributed by atoms with E-state index in [0.717, 1.165) is 10.9 Å². The lowest BCUT2D eigenvalue weighted by Crippen LogP contribution is -1.91. The van der Waals surface area contributed by atoms with Gasteiger partial charge >= 0.3 is 0 Å². The van der Waals surface area contributed by atoms with E-state index < -0.39 is 6.17 Å². The lowest BCUT2D eigenvalue weighted by atomic mass is 10.1. The van der Waals surface area contributed by atoms with Crippen molar-refractivity contribution in [1.82, 2.24) is 4.57 Å². The fourth-order valence-electron chi connectivity index (χ4n) is 1.85. The maximum atomic E-state index is 13.3. The first-order valence-corrected chi connectivity index (χ1v) is 4.58. The molecule has 0 saturated heterocycles. The van der Waals surface area contributed by atoms with Crippen LogP contribution in [0, 0.1) is 0 Å². The monoisotopic (exact) mass is 192 g/mol. The molecule has 74 valence electrons. The Labute approximate surface area is 82.1 Å². The van der Waals surface area contributed by atoms with Gasteiger partial charge in [0.1, 0.15) is 6.17 Å². The molecule has 0 bridgehead atoms. The lowest BCUT2D eigenvalue weighted by Gasteiger charge is -2.00. The largest absolute Gasteiger partial charge is 0.397 e. The van der Waals surface area contributed by atoms with Crippen LogP contribution in [0.15, 0.2) is 24.4 Å². The summed E-state index contributed by atoms with van der Waals surface area (Å²) in [6.45, 7) is 1.54. The number of para-hydroxylation sites is 1. The number of hydrogen-bond donors (Lipinski definition) is 1. The van der Waals surface area contributed by atoms with Crippen LogP contribution in [0.4, 0.5) is 10.1 Å². The Hall–Kier alpha value is -1.51. The minimum atomic E-state index is -0.958. The molecule has 0 aliphatic carbocycles. The summed E-state index contributed by atoms with van der Waals surface area (Å²) in [6, 6.07) is 5.58. The van der Waals surface area contributed by atoms with E-state index >= 15 is 0 Å². The molecule has 0 saturated carbocycles. The molecule has 0 amide bonds. The molecule has 1 heterocycles. The highest BCUT2D eigenvalue weighted by atomic mass is 19.1. The second-order valence-corrected chi connectivity index (χ2v) is 3.55. The molecular formula is C11H13FN2. The molecule has 2 aromatic rings. The Balaban J connectivity index is 2.84. The van der Waals surface area contributed by atoms with Crippen molar-refractivity contribution in [3.63, 3.8) is 0 Å². The Kier molecular flexibility index (Phi) is 1.95. The van der Waals surface area contributed by atoms with Crippen LogP contribution in [0.1, 0.15) is 18.7 Å². The van der Waals surface area contributed by atoms with E-state index in [1.807, 2.05) is 29.8 Å². The summed E-state index contributed by atoms with van der Waals surface area (Å²) in [5.41, 5.74) is 8.13. The van der Waals surface area contributed by atoms with Crippen molar-refractivity contribution in [3.8, 4) is 0 Å². The van der Waals surface area contributed by atoms with Crippen LogP contribution in [-0.4, -0.2) is 4.57 Å². The predicted octanol–water partition coefficient (Wildman–Crippen LogP) is 2.79. The second kappa shape index (κ2) is 3.01. The van der Waals surface area contributed by atoms with Crippen LogP contribution in [0.5, 0.6) is 0 Å². The molecule has 3 heteroatoms. The van der Waals surface area contributed by atoms with Crippen LogP contribution in [0.2, 0.25) is 0 Å². The average Bonchev–Trinajstić information content (AvgIpc) is 2.45. The van der Waals surface area contributed by atoms with Gasteiger partial charge in [0, 0.05) is 24.2 Å². The lowest BCUT2D eigenvalue weighted by molar-refractivity contribution is 0.376. The van der Waals surface area contributed by atoms with E-state index in [9.17, 15) is 4.39 Å². The van der Waals surface area contributed by atoms with Gasteiger partial charge in [-0.15, -0.1) is 0 Å². The van der Waals surface area contributed by atoms with Gasteiger partial charge in [0.2, 0.25) is 0 Å². The van der Waals surface area contributed by atoms with Gasteiger partial charge < -0.3 is 10.3 Å². The maximum absolute atomic E-state index is 13.3. The van der Waals surface area contributed by atoms with Crippen molar-refractivity contribution in [2.45, 2.75) is 13.1 Å². The molecule has 0 aliphatic heterocycles. The highest BCUT2D eigenvalue weighted by molar-refractivity contribution is 5.93. The van der Waals surface area contributed by atoms with Gasteiger partial charge in [0.25, 0.3) is 0 Å². The van der Waals surface area contributed by atoms with E-state index in [1.165, 1.54) is 6.92 Å². The Morgan fingerprint density at radius 2 is 2.14 bits per heavy atom. The molecule has 1 aromatic heterocycles. The highest BCUT2D eigenvalue weighted by Gasteiger charge is 2.12. The molecule has 0 fully saturated rings. The van der Waals surface area contributed by atoms with Crippen LogP contribution in [-0.2, 0) is 7.05 Å². The number of alkyl halides is 1. The first kappa shape index (κ1) is 9.06. The third-order valence-corrected chi connectivity index (χ3v) is 2.49. The summed E-state index contributed by atoms with van der Waals surface area (Å²) >= 11 is 0. The quantitative estimate of drug-likeness (QED) is 0.692.